The van der Waals surface area contributed by atoms with Crippen LogP contribution in [0.5, 0.6) is 5.75 Å². The van der Waals surface area contributed by atoms with Crippen molar-refractivity contribution in [2.45, 2.75) is 33.6 Å². The average molecular weight is 334 g/mol. The second-order valence-corrected chi connectivity index (χ2v) is 6.48. The van der Waals surface area contributed by atoms with E-state index in [0.29, 0.717) is 19.1 Å². The molecule has 5 nitrogen and oxygen atoms in total. The van der Waals surface area contributed by atoms with E-state index in [1.165, 1.54) is 0 Å². The molecule has 1 fully saturated rings. The van der Waals surface area contributed by atoms with Crippen molar-refractivity contribution in [2.24, 2.45) is 5.92 Å². The number of urea groups is 1. The Morgan fingerprint density at radius 1 is 1.29 bits per heavy atom. The van der Waals surface area contributed by atoms with E-state index >= 15 is 0 Å². The molecule has 0 spiro atoms. The fourth-order valence-electron chi connectivity index (χ4n) is 3.00. The van der Waals surface area contributed by atoms with Crippen molar-refractivity contribution in [3.8, 4) is 5.75 Å². The van der Waals surface area contributed by atoms with Crippen LogP contribution in [-0.2, 0) is 4.74 Å². The molecular weight excluding hydrogens is 304 g/mol. The topological polar surface area (TPSA) is 50.8 Å². The highest BCUT2D eigenvalue weighted by atomic mass is 16.5. The summed E-state index contributed by atoms with van der Waals surface area (Å²) in [4.78, 5) is 14.1. The smallest absolute Gasteiger partial charge is 0.317 e. The van der Waals surface area contributed by atoms with E-state index in [1.807, 2.05) is 36.9 Å². The van der Waals surface area contributed by atoms with Crippen molar-refractivity contribution in [1.82, 2.24) is 10.2 Å². The minimum Gasteiger partial charge on any atom is -0.491 e. The van der Waals surface area contributed by atoms with Crippen LogP contribution in [0.4, 0.5) is 4.79 Å². The molecule has 1 aromatic rings. The fourth-order valence-corrected chi connectivity index (χ4v) is 3.00. The number of para-hydroxylation sites is 1. The van der Waals surface area contributed by atoms with Crippen LogP contribution in [-0.4, -0.2) is 50.4 Å². The maximum atomic E-state index is 12.2. The summed E-state index contributed by atoms with van der Waals surface area (Å²) in [6, 6.07) is 6.09. The number of amides is 2. The third-order valence-electron chi connectivity index (χ3n) is 4.31. The average Bonchev–Trinajstić information content (AvgIpc) is 3.03. The minimum absolute atomic E-state index is 0.00176. The molecule has 2 amide bonds. The molecule has 1 aliphatic heterocycles. The molecule has 24 heavy (non-hydrogen) atoms. The molecule has 1 saturated heterocycles. The number of rotatable bonds is 8. The second kappa shape index (κ2) is 9.52. The maximum absolute atomic E-state index is 12.2. The van der Waals surface area contributed by atoms with E-state index in [9.17, 15) is 4.79 Å². The molecule has 1 aliphatic rings. The van der Waals surface area contributed by atoms with Gasteiger partial charge in [0, 0.05) is 25.6 Å². The van der Waals surface area contributed by atoms with E-state index in [0.717, 1.165) is 56.0 Å². The van der Waals surface area contributed by atoms with E-state index in [1.54, 1.807) is 0 Å². The van der Waals surface area contributed by atoms with Gasteiger partial charge in [0.05, 0.1) is 13.2 Å². The Hall–Kier alpha value is -1.75. The number of hydrogen-bond acceptors (Lipinski definition) is 3. The number of nitrogens with zero attached hydrogens (tertiary/aromatic N) is 1. The number of nitrogens with one attached hydrogen (secondary N) is 1. The van der Waals surface area contributed by atoms with Gasteiger partial charge in [0.15, 0.2) is 0 Å². The molecular formula is C19H30N2O3. The first-order valence-electron chi connectivity index (χ1n) is 8.91. The number of benzene rings is 1. The van der Waals surface area contributed by atoms with Gasteiger partial charge in [0.1, 0.15) is 12.4 Å². The Morgan fingerprint density at radius 2 is 2.04 bits per heavy atom. The molecule has 1 atom stereocenters. The summed E-state index contributed by atoms with van der Waals surface area (Å²) in [5.41, 5.74) is 2.24. The van der Waals surface area contributed by atoms with Crippen LogP contribution in [0.3, 0.4) is 0 Å². The van der Waals surface area contributed by atoms with Crippen LogP contribution >= 0.6 is 0 Å². The molecule has 0 bridgehead atoms. The molecule has 5 heteroatoms. The lowest BCUT2D eigenvalue weighted by Crippen LogP contribution is -2.40. The number of carbonyl (C=O) groups is 1. The van der Waals surface area contributed by atoms with Crippen molar-refractivity contribution in [2.75, 3.05) is 39.5 Å². The van der Waals surface area contributed by atoms with Gasteiger partial charge in [-0.3, -0.25) is 0 Å². The number of aryl methyl sites for hydroxylation is 2. The second-order valence-electron chi connectivity index (χ2n) is 6.48. The first-order valence-corrected chi connectivity index (χ1v) is 8.91. The van der Waals surface area contributed by atoms with Crippen molar-refractivity contribution in [3.63, 3.8) is 0 Å². The van der Waals surface area contributed by atoms with Crippen molar-refractivity contribution in [3.05, 3.63) is 29.3 Å². The Labute approximate surface area is 145 Å². The highest BCUT2D eigenvalue weighted by Crippen LogP contribution is 2.22. The third kappa shape index (κ3) is 5.41. The zero-order valence-electron chi connectivity index (χ0n) is 15.1. The lowest BCUT2D eigenvalue weighted by atomic mass is 10.1. The number of carbonyl (C=O) groups excluding carboxylic acids is 1. The predicted molar refractivity (Wildman–Crippen MR) is 95.6 cm³/mol. The predicted octanol–water partition coefficient (Wildman–Crippen LogP) is 3.14. The summed E-state index contributed by atoms with van der Waals surface area (Å²) < 4.78 is 11.4. The van der Waals surface area contributed by atoms with Gasteiger partial charge in [-0.2, -0.15) is 0 Å². The van der Waals surface area contributed by atoms with Crippen molar-refractivity contribution < 1.29 is 14.3 Å². The van der Waals surface area contributed by atoms with Gasteiger partial charge in [-0.05, 0) is 37.8 Å². The van der Waals surface area contributed by atoms with Crippen LogP contribution in [0, 0.1) is 19.8 Å². The van der Waals surface area contributed by atoms with Crippen LogP contribution in [0.25, 0.3) is 0 Å². The number of ether oxygens (including phenoxy) is 2. The standard InChI is InChI=1S/C19H30N2O3/c1-4-11-23-14-17-8-10-21(13-17)19(22)20-9-12-24-18-15(2)6-5-7-16(18)3/h5-7,17H,4,8-14H2,1-3H3,(H,20,22)/t17-/m0/s1. The van der Waals surface area contributed by atoms with Crippen LogP contribution in [0.15, 0.2) is 18.2 Å². The molecule has 2 rings (SSSR count). The number of hydrogen-bond donors (Lipinski definition) is 1. The minimum atomic E-state index is -0.00176. The Bertz CT molecular complexity index is 513. The maximum Gasteiger partial charge on any atom is 0.317 e. The van der Waals surface area contributed by atoms with Gasteiger partial charge in [-0.25, -0.2) is 4.79 Å². The van der Waals surface area contributed by atoms with E-state index in [4.69, 9.17) is 9.47 Å². The zero-order valence-corrected chi connectivity index (χ0v) is 15.1. The summed E-state index contributed by atoms with van der Waals surface area (Å²) in [6.45, 7) is 10.3. The normalized spacial score (nSPS) is 17.1. The summed E-state index contributed by atoms with van der Waals surface area (Å²) in [5.74, 6) is 1.38. The van der Waals surface area contributed by atoms with E-state index in [-0.39, 0.29) is 6.03 Å². The van der Waals surface area contributed by atoms with Gasteiger partial charge >= 0.3 is 6.03 Å². The zero-order chi connectivity index (χ0) is 17.4. The summed E-state index contributed by atoms with van der Waals surface area (Å²) in [6.07, 6.45) is 2.06. The molecule has 1 N–H and O–H groups in total. The first-order chi connectivity index (χ1) is 11.6. The first kappa shape index (κ1) is 18.6. The quantitative estimate of drug-likeness (QED) is 0.743. The molecule has 0 aliphatic carbocycles. The van der Waals surface area contributed by atoms with Crippen LogP contribution in [0.1, 0.15) is 30.9 Å². The van der Waals surface area contributed by atoms with Gasteiger partial charge < -0.3 is 19.7 Å². The monoisotopic (exact) mass is 334 g/mol. The van der Waals surface area contributed by atoms with E-state index in [2.05, 4.69) is 12.2 Å². The fraction of sp³-hybridized carbons (Fsp3) is 0.632. The summed E-state index contributed by atoms with van der Waals surface area (Å²) >= 11 is 0. The van der Waals surface area contributed by atoms with Crippen LogP contribution in [0.2, 0.25) is 0 Å². The Balaban J connectivity index is 1.65. The molecule has 1 heterocycles. The van der Waals surface area contributed by atoms with E-state index < -0.39 is 0 Å². The highest BCUT2D eigenvalue weighted by molar-refractivity contribution is 5.74. The Morgan fingerprint density at radius 3 is 2.75 bits per heavy atom. The lowest BCUT2D eigenvalue weighted by Gasteiger charge is -2.18. The SMILES string of the molecule is CCCOC[C@H]1CCN(C(=O)NCCOc2c(C)cccc2C)C1. The molecule has 1 aromatic carbocycles. The molecule has 0 radical (unpaired) electrons. The number of likely N-dealkylation sites (tertiary alicyclic amines) is 1. The molecule has 0 aromatic heterocycles. The van der Waals surface area contributed by atoms with Gasteiger partial charge in [-0.15, -0.1) is 0 Å². The third-order valence-corrected chi connectivity index (χ3v) is 4.31. The molecule has 134 valence electrons. The van der Waals surface area contributed by atoms with Gasteiger partial charge in [0.25, 0.3) is 0 Å². The van der Waals surface area contributed by atoms with Gasteiger partial charge in [0.2, 0.25) is 0 Å². The van der Waals surface area contributed by atoms with Crippen LogP contribution < -0.4 is 10.1 Å². The molecule has 0 saturated carbocycles. The lowest BCUT2D eigenvalue weighted by molar-refractivity contribution is 0.102. The summed E-state index contributed by atoms with van der Waals surface area (Å²) in [5, 5.41) is 2.94. The largest absolute Gasteiger partial charge is 0.491 e. The van der Waals surface area contributed by atoms with Gasteiger partial charge in [-0.1, -0.05) is 25.1 Å². The van der Waals surface area contributed by atoms with Crippen molar-refractivity contribution >= 4 is 6.03 Å². The highest BCUT2D eigenvalue weighted by Gasteiger charge is 2.25. The molecule has 0 unspecified atom stereocenters. The summed E-state index contributed by atoms with van der Waals surface area (Å²) in [7, 11) is 0. The van der Waals surface area contributed by atoms with Crippen molar-refractivity contribution in [1.29, 1.82) is 0 Å². The Kier molecular flexibility index (Phi) is 7.37.